The van der Waals surface area contributed by atoms with E-state index in [1.807, 2.05) is 20.8 Å². The second-order valence-electron chi connectivity index (χ2n) is 6.98. The summed E-state index contributed by atoms with van der Waals surface area (Å²) in [5.74, 6) is 0.537. The number of amides is 2. The molecule has 6 nitrogen and oxygen atoms in total. The molecule has 1 aliphatic heterocycles. The molecule has 6 heteroatoms. The average molecular weight is 299 g/mol. The molecule has 122 valence electrons. The van der Waals surface area contributed by atoms with Crippen molar-refractivity contribution < 1.29 is 14.3 Å². The van der Waals surface area contributed by atoms with Crippen LogP contribution >= 0.6 is 0 Å². The minimum absolute atomic E-state index is 0.0690. The summed E-state index contributed by atoms with van der Waals surface area (Å²) in [6.45, 7) is 12.3. The van der Waals surface area contributed by atoms with Crippen molar-refractivity contribution in [2.75, 3.05) is 26.2 Å². The minimum Gasteiger partial charge on any atom is -0.444 e. The summed E-state index contributed by atoms with van der Waals surface area (Å²) >= 11 is 0. The molecule has 0 aromatic heterocycles. The number of nitrogens with one attached hydrogen (secondary N) is 2. The Labute approximate surface area is 127 Å². The van der Waals surface area contributed by atoms with Crippen LogP contribution < -0.4 is 10.6 Å². The van der Waals surface area contributed by atoms with E-state index in [1.165, 1.54) is 0 Å². The zero-order valence-corrected chi connectivity index (χ0v) is 13.9. The molecule has 0 aliphatic carbocycles. The molecular formula is C15H29N3O3. The highest BCUT2D eigenvalue weighted by Gasteiger charge is 2.33. The number of rotatable bonds is 6. The summed E-state index contributed by atoms with van der Waals surface area (Å²) in [5.41, 5.74) is -0.454. The van der Waals surface area contributed by atoms with E-state index in [0.29, 0.717) is 38.5 Å². The molecule has 1 fully saturated rings. The van der Waals surface area contributed by atoms with Crippen molar-refractivity contribution in [3.63, 3.8) is 0 Å². The summed E-state index contributed by atoms with van der Waals surface area (Å²) in [6.07, 6.45) is 0.200. The Hall–Kier alpha value is -1.30. The first kappa shape index (κ1) is 17.8. The Morgan fingerprint density at radius 2 is 1.90 bits per heavy atom. The van der Waals surface area contributed by atoms with Crippen LogP contribution in [0.4, 0.5) is 4.79 Å². The van der Waals surface area contributed by atoms with E-state index in [0.717, 1.165) is 0 Å². The highest BCUT2D eigenvalue weighted by atomic mass is 16.6. The SMILES string of the molecule is CC(C)CNC(=O)CCNC1CN(C(=O)OC(C)(C)C)C1. The van der Waals surface area contributed by atoms with Gasteiger partial charge in [-0.05, 0) is 26.7 Å². The molecule has 1 saturated heterocycles. The van der Waals surface area contributed by atoms with Gasteiger partial charge in [0.05, 0.1) is 0 Å². The molecular weight excluding hydrogens is 270 g/mol. The molecule has 0 unspecified atom stereocenters. The van der Waals surface area contributed by atoms with Crippen LogP contribution in [0, 0.1) is 5.92 Å². The quantitative estimate of drug-likeness (QED) is 0.777. The van der Waals surface area contributed by atoms with Crippen LogP contribution in [0.25, 0.3) is 0 Å². The van der Waals surface area contributed by atoms with Crippen molar-refractivity contribution in [2.24, 2.45) is 5.92 Å². The molecule has 0 spiro atoms. The Bertz CT molecular complexity index is 358. The van der Waals surface area contributed by atoms with E-state index < -0.39 is 5.60 Å². The third kappa shape index (κ3) is 7.32. The normalized spacial score (nSPS) is 15.8. The summed E-state index contributed by atoms with van der Waals surface area (Å²) in [6, 6.07) is 0.260. The molecule has 1 rings (SSSR count). The maximum absolute atomic E-state index is 11.7. The van der Waals surface area contributed by atoms with Gasteiger partial charge in [0.15, 0.2) is 0 Å². The van der Waals surface area contributed by atoms with Gasteiger partial charge in [-0.1, -0.05) is 13.8 Å². The van der Waals surface area contributed by atoms with Crippen LogP contribution in [-0.4, -0.2) is 54.7 Å². The number of carbonyl (C=O) groups is 2. The van der Waals surface area contributed by atoms with Crippen LogP contribution in [0.1, 0.15) is 41.0 Å². The molecule has 1 aliphatic rings. The molecule has 0 aromatic rings. The van der Waals surface area contributed by atoms with Crippen molar-refractivity contribution >= 4 is 12.0 Å². The molecule has 0 aromatic carbocycles. The van der Waals surface area contributed by atoms with E-state index >= 15 is 0 Å². The monoisotopic (exact) mass is 299 g/mol. The molecule has 0 bridgehead atoms. The van der Waals surface area contributed by atoms with Crippen molar-refractivity contribution in [2.45, 2.75) is 52.7 Å². The second-order valence-corrected chi connectivity index (χ2v) is 6.98. The van der Waals surface area contributed by atoms with Crippen molar-refractivity contribution in [3.05, 3.63) is 0 Å². The first-order valence-corrected chi connectivity index (χ1v) is 7.65. The molecule has 1 heterocycles. The van der Waals surface area contributed by atoms with Gasteiger partial charge >= 0.3 is 6.09 Å². The maximum atomic E-state index is 11.7. The molecule has 21 heavy (non-hydrogen) atoms. The number of hydrogen-bond donors (Lipinski definition) is 2. The van der Waals surface area contributed by atoms with Crippen LogP contribution in [0.5, 0.6) is 0 Å². The van der Waals surface area contributed by atoms with Gasteiger partial charge in [0.1, 0.15) is 5.60 Å². The fourth-order valence-corrected chi connectivity index (χ4v) is 1.88. The summed E-state index contributed by atoms with van der Waals surface area (Å²) in [7, 11) is 0. The third-order valence-electron chi connectivity index (χ3n) is 3.03. The Morgan fingerprint density at radius 3 is 2.43 bits per heavy atom. The maximum Gasteiger partial charge on any atom is 0.410 e. The predicted molar refractivity (Wildman–Crippen MR) is 82.1 cm³/mol. The minimum atomic E-state index is -0.454. The average Bonchev–Trinajstić information content (AvgIpc) is 2.26. The number of carbonyl (C=O) groups excluding carboxylic acids is 2. The van der Waals surface area contributed by atoms with Gasteiger partial charge < -0.3 is 20.3 Å². The number of likely N-dealkylation sites (tertiary alicyclic amines) is 1. The fourth-order valence-electron chi connectivity index (χ4n) is 1.88. The molecule has 2 amide bonds. The van der Waals surface area contributed by atoms with Crippen LogP contribution in [0.3, 0.4) is 0 Å². The van der Waals surface area contributed by atoms with Gasteiger partial charge in [-0.15, -0.1) is 0 Å². The molecule has 0 saturated carbocycles. The van der Waals surface area contributed by atoms with Gasteiger partial charge in [-0.2, -0.15) is 0 Å². The standard InChI is InChI=1S/C15H29N3O3/c1-11(2)8-17-13(19)6-7-16-12-9-18(10-12)14(20)21-15(3,4)5/h11-12,16H,6-10H2,1-5H3,(H,17,19). The largest absolute Gasteiger partial charge is 0.444 e. The number of ether oxygens (including phenoxy) is 1. The van der Waals surface area contributed by atoms with Gasteiger partial charge in [0.2, 0.25) is 5.91 Å². The number of nitrogens with zero attached hydrogens (tertiary/aromatic N) is 1. The number of hydrogen-bond acceptors (Lipinski definition) is 4. The van der Waals surface area contributed by atoms with Gasteiger partial charge in [-0.3, -0.25) is 4.79 Å². The topological polar surface area (TPSA) is 70.7 Å². The lowest BCUT2D eigenvalue weighted by Crippen LogP contribution is -2.60. The molecule has 0 atom stereocenters. The van der Waals surface area contributed by atoms with E-state index in [9.17, 15) is 9.59 Å². The lowest BCUT2D eigenvalue weighted by atomic mass is 10.1. The smallest absolute Gasteiger partial charge is 0.410 e. The lowest BCUT2D eigenvalue weighted by molar-refractivity contribution is -0.121. The summed E-state index contributed by atoms with van der Waals surface area (Å²) in [4.78, 5) is 24.9. The summed E-state index contributed by atoms with van der Waals surface area (Å²) in [5, 5.41) is 6.16. The van der Waals surface area contributed by atoms with E-state index in [1.54, 1.807) is 4.90 Å². The van der Waals surface area contributed by atoms with Crippen molar-refractivity contribution in [3.8, 4) is 0 Å². The highest BCUT2D eigenvalue weighted by molar-refractivity contribution is 5.76. The van der Waals surface area contributed by atoms with E-state index in [2.05, 4.69) is 24.5 Å². The first-order chi connectivity index (χ1) is 9.67. The van der Waals surface area contributed by atoms with Crippen LogP contribution in [0.15, 0.2) is 0 Å². The first-order valence-electron chi connectivity index (χ1n) is 7.65. The Balaban J connectivity index is 2.08. The lowest BCUT2D eigenvalue weighted by Gasteiger charge is -2.40. The fraction of sp³-hybridized carbons (Fsp3) is 0.867. The van der Waals surface area contributed by atoms with Gasteiger partial charge in [0, 0.05) is 38.6 Å². The van der Waals surface area contributed by atoms with Crippen molar-refractivity contribution in [1.29, 1.82) is 0 Å². The van der Waals surface area contributed by atoms with E-state index in [4.69, 9.17) is 4.74 Å². The Kier molecular flexibility index (Phi) is 6.45. The van der Waals surface area contributed by atoms with Crippen LogP contribution in [0.2, 0.25) is 0 Å². The second kappa shape index (κ2) is 7.64. The Morgan fingerprint density at radius 1 is 1.29 bits per heavy atom. The molecule has 2 N–H and O–H groups in total. The highest BCUT2D eigenvalue weighted by Crippen LogP contribution is 2.15. The van der Waals surface area contributed by atoms with Crippen molar-refractivity contribution in [1.82, 2.24) is 15.5 Å². The zero-order chi connectivity index (χ0) is 16.0. The predicted octanol–water partition coefficient (Wildman–Crippen LogP) is 1.36. The van der Waals surface area contributed by atoms with E-state index in [-0.39, 0.29) is 18.0 Å². The zero-order valence-electron chi connectivity index (χ0n) is 13.9. The third-order valence-corrected chi connectivity index (χ3v) is 3.03. The molecule has 0 radical (unpaired) electrons. The van der Waals surface area contributed by atoms with Gasteiger partial charge in [0.25, 0.3) is 0 Å². The van der Waals surface area contributed by atoms with Gasteiger partial charge in [-0.25, -0.2) is 4.79 Å². The van der Waals surface area contributed by atoms with Crippen LogP contribution in [-0.2, 0) is 9.53 Å². The summed E-state index contributed by atoms with van der Waals surface area (Å²) < 4.78 is 5.28.